The number of hydrogen-bond donors (Lipinski definition) is 0. The van der Waals surface area contributed by atoms with Crippen molar-refractivity contribution in [2.45, 2.75) is 6.42 Å². The van der Waals surface area contributed by atoms with Gasteiger partial charge in [0.2, 0.25) is 0 Å². The fraction of sp³-hybridized carbons (Fsp3) is 0.0714. The molecule has 0 aromatic heterocycles. The van der Waals surface area contributed by atoms with Crippen LogP contribution in [0.4, 0.5) is 0 Å². The molecule has 2 aromatic rings. The quantitative estimate of drug-likeness (QED) is 0.519. The maximum Gasteiger partial charge on any atom is 0.124 e. The average Bonchev–Trinajstić information content (AvgIpc) is 2.38. The predicted octanol–water partition coefficient (Wildman–Crippen LogP) is 5.71. The van der Waals surface area contributed by atoms with Crippen LogP contribution in [0.5, 0.6) is 0 Å². The summed E-state index contributed by atoms with van der Waals surface area (Å²) in [7, 11) is 0. The number of rotatable bonds is 3. The number of benzene rings is 2. The lowest BCUT2D eigenvalue weighted by molar-refractivity contribution is -0.107. The standard InChI is InChI=1S/C14H8Cl4O/c15-11-3-1-2-9(10(11)4-5-19)8-6-12(16)14(18)13(17)7-8/h1-3,5-7H,4H2. The second-order valence-corrected chi connectivity index (χ2v) is 5.49. The van der Waals surface area contributed by atoms with E-state index in [-0.39, 0.29) is 6.42 Å². The Bertz CT molecular complexity index is 614. The highest BCUT2D eigenvalue weighted by molar-refractivity contribution is 6.48. The molecule has 2 rings (SSSR count). The van der Waals surface area contributed by atoms with Crippen LogP contribution in [0.1, 0.15) is 5.56 Å². The Morgan fingerprint density at radius 3 is 2.16 bits per heavy atom. The van der Waals surface area contributed by atoms with Crippen LogP contribution >= 0.6 is 46.4 Å². The summed E-state index contributed by atoms with van der Waals surface area (Å²) in [5.41, 5.74) is 2.34. The molecule has 0 heterocycles. The van der Waals surface area contributed by atoms with Gasteiger partial charge in [-0.2, -0.15) is 0 Å². The van der Waals surface area contributed by atoms with Crippen molar-refractivity contribution in [3.05, 3.63) is 56.0 Å². The Hall–Kier alpha value is -0.730. The van der Waals surface area contributed by atoms with E-state index in [0.717, 1.165) is 23.0 Å². The first-order valence-electron chi connectivity index (χ1n) is 5.40. The van der Waals surface area contributed by atoms with E-state index in [1.54, 1.807) is 18.2 Å². The third-order valence-corrected chi connectivity index (χ3v) is 4.25. The van der Waals surface area contributed by atoms with Gasteiger partial charge in [0.05, 0.1) is 15.1 Å². The Morgan fingerprint density at radius 2 is 1.58 bits per heavy atom. The summed E-state index contributed by atoms with van der Waals surface area (Å²) >= 11 is 24.1. The van der Waals surface area contributed by atoms with Gasteiger partial charge in [-0.15, -0.1) is 0 Å². The molecule has 0 saturated heterocycles. The van der Waals surface area contributed by atoms with Crippen LogP contribution in [0.25, 0.3) is 11.1 Å². The molecule has 2 aromatic carbocycles. The molecule has 0 saturated carbocycles. The largest absolute Gasteiger partial charge is 0.303 e. The van der Waals surface area contributed by atoms with Gasteiger partial charge in [0, 0.05) is 11.4 Å². The van der Waals surface area contributed by atoms with E-state index >= 15 is 0 Å². The van der Waals surface area contributed by atoms with Gasteiger partial charge in [0.25, 0.3) is 0 Å². The lowest BCUT2D eigenvalue weighted by Gasteiger charge is -2.11. The van der Waals surface area contributed by atoms with Crippen LogP contribution in [0.2, 0.25) is 20.1 Å². The number of halogens is 4. The molecule has 0 N–H and O–H groups in total. The maximum absolute atomic E-state index is 10.8. The first-order chi connectivity index (χ1) is 9.04. The maximum atomic E-state index is 10.8. The van der Waals surface area contributed by atoms with Crippen molar-refractivity contribution in [3.8, 4) is 11.1 Å². The van der Waals surface area contributed by atoms with Crippen molar-refractivity contribution in [2.75, 3.05) is 0 Å². The Balaban J connectivity index is 2.65. The minimum atomic E-state index is 0.229. The zero-order valence-corrected chi connectivity index (χ0v) is 12.6. The molecule has 0 unspecified atom stereocenters. The van der Waals surface area contributed by atoms with Crippen LogP contribution in [-0.4, -0.2) is 6.29 Å². The molecule has 0 spiro atoms. The SMILES string of the molecule is O=CCc1c(Cl)cccc1-c1cc(Cl)c(Cl)c(Cl)c1. The van der Waals surface area contributed by atoms with Crippen molar-refractivity contribution in [1.29, 1.82) is 0 Å². The van der Waals surface area contributed by atoms with Crippen LogP contribution in [0.3, 0.4) is 0 Å². The summed E-state index contributed by atoms with van der Waals surface area (Å²) in [5, 5.41) is 1.57. The third-order valence-electron chi connectivity index (χ3n) is 2.70. The molecule has 0 aliphatic heterocycles. The van der Waals surface area contributed by atoms with E-state index in [0.29, 0.717) is 20.1 Å². The fourth-order valence-corrected chi connectivity index (χ4v) is 2.68. The van der Waals surface area contributed by atoms with Gasteiger partial charge < -0.3 is 4.79 Å². The molecular formula is C14H8Cl4O. The Labute approximate surface area is 131 Å². The van der Waals surface area contributed by atoms with Crippen LogP contribution in [0.15, 0.2) is 30.3 Å². The van der Waals surface area contributed by atoms with Gasteiger partial charge in [-0.25, -0.2) is 0 Å². The van der Waals surface area contributed by atoms with Gasteiger partial charge in [-0.05, 0) is 34.9 Å². The fourth-order valence-electron chi connectivity index (χ4n) is 1.83. The van der Waals surface area contributed by atoms with Crippen LogP contribution in [0, 0.1) is 0 Å². The molecule has 0 aliphatic carbocycles. The van der Waals surface area contributed by atoms with Gasteiger partial charge in [-0.1, -0.05) is 58.5 Å². The predicted molar refractivity (Wildman–Crippen MR) is 81.7 cm³/mol. The highest BCUT2D eigenvalue weighted by Gasteiger charge is 2.12. The molecule has 0 fully saturated rings. The number of aldehydes is 1. The van der Waals surface area contributed by atoms with Crippen molar-refractivity contribution in [2.24, 2.45) is 0 Å². The lowest BCUT2D eigenvalue weighted by atomic mass is 9.98. The Morgan fingerprint density at radius 1 is 0.947 bits per heavy atom. The topological polar surface area (TPSA) is 17.1 Å². The van der Waals surface area contributed by atoms with E-state index in [9.17, 15) is 4.79 Å². The number of carbonyl (C=O) groups is 1. The molecular weight excluding hydrogens is 326 g/mol. The zero-order valence-electron chi connectivity index (χ0n) is 9.59. The normalized spacial score (nSPS) is 10.5. The molecule has 1 nitrogen and oxygen atoms in total. The van der Waals surface area contributed by atoms with E-state index < -0.39 is 0 Å². The van der Waals surface area contributed by atoms with Crippen molar-refractivity contribution >= 4 is 52.7 Å². The average molecular weight is 334 g/mol. The lowest BCUT2D eigenvalue weighted by Crippen LogP contribution is -1.93. The van der Waals surface area contributed by atoms with Gasteiger partial charge >= 0.3 is 0 Å². The van der Waals surface area contributed by atoms with Gasteiger partial charge in [0.15, 0.2) is 0 Å². The highest BCUT2D eigenvalue weighted by atomic mass is 35.5. The molecule has 5 heteroatoms. The molecule has 98 valence electrons. The van der Waals surface area contributed by atoms with Crippen molar-refractivity contribution in [1.82, 2.24) is 0 Å². The van der Waals surface area contributed by atoms with E-state index in [1.165, 1.54) is 0 Å². The van der Waals surface area contributed by atoms with Crippen LogP contribution < -0.4 is 0 Å². The second kappa shape index (κ2) is 6.15. The van der Waals surface area contributed by atoms with Crippen molar-refractivity contribution in [3.63, 3.8) is 0 Å². The van der Waals surface area contributed by atoms with E-state index in [2.05, 4.69) is 0 Å². The van der Waals surface area contributed by atoms with E-state index in [1.807, 2.05) is 12.1 Å². The molecule has 0 radical (unpaired) electrons. The molecule has 0 bridgehead atoms. The first-order valence-corrected chi connectivity index (χ1v) is 6.91. The summed E-state index contributed by atoms with van der Waals surface area (Å²) in [6.45, 7) is 0. The van der Waals surface area contributed by atoms with Crippen LogP contribution in [-0.2, 0) is 11.2 Å². The summed E-state index contributed by atoms with van der Waals surface area (Å²) in [5.74, 6) is 0. The summed E-state index contributed by atoms with van der Waals surface area (Å²) < 4.78 is 0. The molecule has 19 heavy (non-hydrogen) atoms. The van der Waals surface area contributed by atoms with Gasteiger partial charge in [-0.3, -0.25) is 0 Å². The summed E-state index contributed by atoms with van der Waals surface area (Å²) in [6.07, 6.45) is 1.04. The number of carbonyl (C=O) groups excluding carboxylic acids is 1. The van der Waals surface area contributed by atoms with E-state index in [4.69, 9.17) is 46.4 Å². The van der Waals surface area contributed by atoms with Crippen molar-refractivity contribution < 1.29 is 4.79 Å². The molecule has 0 aliphatic rings. The summed E-state index contributed by atoms with van der Waals surface area (Å²) in [6, 6.07) is 8.82. The molecule has 0 amide bonds. The third kappa shape index (κ3) is 3.06. The number of hydrogen-bond acceptors (Lipinski definition) is 1. The summed E-state index contributed by atoms with van der Waals surface area (Å²) in [4.78, 5) is 10.8. The zero-order chi connectivity index (χ0) is 14.0. The monoisotopic (exact) mass is 332 g/mol. The Kier molecular flexibility index (Phi) is 4.75. The minimum absolute atomic E-state index is 0.229. The second-order valence-electron chi connectivity index (χ2n) is 3.89. The van der Waals surface area contributed by atoms with Gasteiger partial charge in [0.1, 0.15) is 6.29 Å². The highest BCUT2D eigenvalue weighted by Crippen LogP contribution is 2.37. The first kappa shape index (κ1) is 14.7. The smallest absolute Gasteiger partial charge is 0.124 e. The minimum Gasteiger partial charge on any atom is -0.303 e. The molecule has 0 atom stereocenters.